The third kappa shape index (κ3) is 4.08. The van der Waals surface area contributed by atoms with Crippen LogP contribution in [0.3, 0.4) is 0 Å². The molecule has 0 bridgehead atoms. The first kappa shape index (κ1) is 15.5. The second-order valence-corrected chi connectivity index (χ2v) is 6.29. The van der Waals surface area contributed by atoms with E-state index in [0.29, 0.717) is 5.91 Å². The summed E-state index contributed by atoms with van der Waals surface area (Å²) in [6.07, 6.45) is 2.88. The maximum atomic E-state index is 12.5. The normalized spacial score (nSPS) is 21.0. The van der Waals surface area contributed by atoms with Crippen LogP contribution in [0.1, 0.15) is 18.4 Å². The average Bonchev–Trinajstić information content (AvgIpc) is 2.61. The number of hydrogen-bond donors (Lipinski definition) is 0. The number of carbonyl (C=O) groups is 1. The smallest absolute Gasteiger partial charge is 0.225 e. The van der Waals surface area contributed by atoms with Gasteiger partial charge in [0.2, 0.25) is 5.91 Å². The molecular formula is C18H26N2O2. The first-order valence-electron chi connectivity index (χ1n) is 8.46. The molecule has 2 heterocycles. The Morgan fingerprint density at radius 2 is 1.73 bits per heavy atom. The molecule has 0 atom stereocenters. The number of piperazine rings is 1. The molecule has 0 unspecified atom stereocenters. The van der Waals surface area contributed by atoms with Gasteiger partial charge in [0.25, 0.3) is 0 Å². The van der Waals surface area contributed by atoms with E-state index in [1.165, 1.54) is 5.56 Å². The lowest BCUT2D eigenvalue weighted by atomic mass is 9.98. The topological polar surface area (TPSA) is 32.8 Å². The van der Waals surface area contributed by atoms with Crippen LogP contribution in [0.15, 0.2) is 30.3 Å². The minimum Gasteiger partial charge on any atom is -0.381 e. The Labute approximate surface area is 133 Å². The largest absolute Gasteiger partial charge is 0.381 e. The lowest BCUT2D eigenvalue weighted by Gasteiger charge is -2.37. The van der Waals surface area contributed by atoms with Gasteiger partial charge in [0.15, 0.2) is 0 Å². The summed E-state index contributed by atoms with van der Waals surface area (Å²) >= 11 is 0. The summed E-state index contributed by atoms with van der Waals surface area (Å²) in [5.74, 6) is 0.552. The van der Waals surface area contributed by atoms with Crippen LogP contribution >= 0.6 is 0 Å². The van der Waals surface area contributed by atoms with Gasteiger partial charge in [-0.2, -0.15) is 0 Å². The molecule has 0 radical (unpaired) electrons. The van der Waals surface area contributed by atoms with Crippen LogP contribution in [0, 0.1) is 5.92 Å². The highest BCUT2D eigenvalue weighted by atomic mass is 16.5. The van der Waals surface area contributed by atoms with E-state index >= 15 is 0 Å². The fraction of sp³-hybridized carbons (Fsp3) is 0.611. The highest BCUT2D eigenvalue weighted by Crippen LogP contribution is 2.18. The summed E-state index contributed by atoms with van der Waals surface area (Å²) in [5, 5.41) is 0. The molecule has 2 aliphatic rings. The molecule has 0 N–H and O–H groups in total. The van der Waals surface area contributed by atoms with E-state index in [1.54, 1.807) is 0 Å². The molecule has 1 aromatic rings. The van der Waals surface area contributed by atoms with Crippen molar-refractivity contribution in [3.63, 3.8) is 0 Å². The Morgan fingerprint density at radius 1 is 1.05 bits per heavy atom. The standard InChI is InChI=1S/C18H26N2O2/c21-18(17-7-14-22-15-8-17)20-12-10-19(11-13-20)9-6-16-4-2-1-3-5-16/h1-5,17H,6-15H2. The molecule has 0 spiro atoms. The highest BCUT2D eigenvalue weighted by Gasteiger charge is 2.28. The van der Waals surface area contributed by atoms with Crippen LogP contribution in [0.5, 0.6) is 0 Å². The molecule has 3 rings (SSSR count). The molecule has 4 heteroatoms. The number of amides is 1. The van der Waals surface area contributed by atoms with Gasteiger partial charge in [-0.15, -0.1) is 0 Å². The third-order valence-corrected chi connectivity index (χ3v) is 4.81. The van der Waals surface area contributed by atoms with Gasteiger partial charge in [-0.25, -0.2) is 0 Å². The average molecular weight is 302 g/mol. The Balaban J connectivity index is 1.41. The van der Waals surface area contributed by atoms with Crippen molar-refractivity contribution >= 4 is 5.91 Å². The van der Waals surface area contributed by atoms with E-state index in [1.807, 2.05) is 0 Å². The van der Waals surface area contributed by atoms with Crippen molar-refractivity contribution in [3.8, 4) is 0 Å². The zero-order chi connectivity index (χ0) is 15.2. The number of benzene rings is 1. The third-order valence-electron chi connectivity index (χ3n) is 4.81. The predicted molar refractivity (Wildman–Crippen MR) is 86.7 cm³/mol. The quantitative estimate of drug-likeness (QED) is 0.850. The molecule has 0 aliphatic carbocycles. The van der Waals surface area contributed by atoms with Gasteiger partial charge in [0.05, 0.1) is 0 Å². The summed E-state index contributed by atoms with van der Waals surface area (Å²) in [5.41, 5.74) is 1.39. The summed E-state index contributed by atoms with van der Waals surface area (Å²) in [6.45, 7) is 6.34. The zero-order valence-electron chi connectivity index (χ0n) is 13.2. The van der Waals surface area contributed by atoms with E-state index in [2.05, 4.69) is 40.1 Å². The maximum Gasteiger partial charge on any atom is 0.225 e. The molecule has 4 nitrogen and oxygen atoms in total. The minimum atomic E-state index is 0.199. The molecule has 120 valence electrons. The first-order chi connectivity index (χ1) is 10.8. The molecule has 1 aromatic carbocycles. The number of ether oxygens (including phenoxy) is 1. The van der Waals surface area contributed by atoms with Crippen molar-refractivity contribution in [2.75, 3.05) is 45.9 Å². The van der Waals surface area contributed by atoms with Crippen LogP contribution in [0.4, 0.5) is 0 Å². The number of carbonyl (C=O) groups excluding carboxylic acids is 1. The summed E-state index contributed by atoms with van der Waals surface area (Å²) in [6, 6.07) is 10.6. The summed E-state index contributed by atoms with van der Waals surface area (Å²) < 4.78 is 5.35. The number of hydrogen-bond acceptors (Lipinski definition) is 3. The Kier molecular flexibility index (Phi) is 5.46. The van der Waals surface area contributed by atoms with Crippen molar-refractivity contribution in [2.45, 2.75) is 19.3 Å². The molecule has 2 aliphatic heterocycles. The fourth-order valence-corrected chi connectivity index (χ4v) is 3.33. The molecule has 2 saturated heterocycles. The van der Waals surface area contributed by atoms with Crippen LogP contribution in [-0.2, 0) is 16.0 Å². The van der Waals surface area contributed by atoms with Gasteiger partial charge >= 0.3 is 0 Å². The SMILES string of the molecule is O=C(C1CCOCC1)N1CCN(CCc2ccccc2)CC1. The van der Waals surface area contributed by atoms with E-state index in [9.17, 15) is 4.79 Å². The molecule has 2 fully saturated rings. The first-order valence-corrected chi connectivity index (χ1v) is 8.46. The van der Waals surface area contributed by atoms with E-state index in [4.69, 9.17) is 4.74 Å². The molecule has 1 amide bonds. The van der Waals surface area contributed by atoms with Crippen molar-refractivity contribution < 1.29 is 9.53 Å². The van der Waals surface area contributed by atoms with Gasteiger partial charge in [-0.3, -0.25) is 9.69 Å². The second kappa shape index (κ2) is 7.75. The molecular weight excluding hydrogens is 276 g/mol. The van der Waals surface area contributed by atoms with E-state index in [-0.39, 0.29) is 5.92 Å². The van der Waals surface area contributed by atoms with E-state index < -0.39 is 0 Å². The fourth-order valence-electron chi connectivity index (χ4n) is 3.33. The molecule has 22 heavy (non-hydrogen) atoms. The predicted octanol–water partition coefficient (Wildman–Crippen LogP) is 1.80. The lowest BCUT2D eigenvalue weighted by molar-refractivity contribution is -0.140. The van der Waals surface area contributed by atoms with Crippen molar-refractivity contribution in [1.29, 1.82) is 0 Å². The Hall–Kier alpha value is -1.39. The van der Waals surface area contributed by atoms with Crippen molar-refractivity contribution in [1.82, 2.24) is 9.80 Å². The molecule has 0 saturated carbocycles. The van der Waals surface area contributed by atoms with Gasteiger partial charge in [0.1, 0.15) is 0 Å². The highest BCUT2D eigenvalue weighted by molar-refractivity contribution is 5.79. The van der Waals surface area contributed by atoms with E-state index in [0.717, 1.165) is 65.2 Å². The molecule has 0 aromatic heterocycles. The van der Waals surface area contributed by atoms with Crippen molar-refractivity contribution in [2.24, 2.45) is 5.92 Å². The summed E-state index contributed by atoms with van der Waals surface area (Å²) in [4.78, 5) is 17.0. The van der Waals surface area contributed by atoms with Crippen LogP contribution in [0.25, 0.3) is 0 Å². The van der Waals surface area contributed by atoms with Gasteiger partial charge in [0, 0.05) is 51.9 Å². The Morgan fingerprint density at radius 3 is 2.41 bits per heavy atom. The Bertz CT molecular complexity index is 463. The van der Waals surface area contributed by atoms with Gasteiger partial charge in [-0.05, 0) is 24.8 Å². The van der Waals surface area contributed by atoms with Crippen LogP contribution in [-0.4, -0.2) is 61.6 Å². The van der Waals surface area contributed by atoms with Crippen LogP contribution in [0.2, 0.25) is 0 Å². The van der Waals surface area contributed by atoms with Crippen molar-refractivity contribution in [3.05, 3.63) is 35.9 Å². The maximum absolute atomic E-state index is 12.5. The van der Waals surface area contributed by atoms with Gasteiger partial charge in [-0.1, -0.05) is 30.3 Å². The number of rotatable bonds is 4. The van der Waals surface area contributed by atoms with Gasteiger partial charge < -0.3 is 9.64 Å². The monoisotopic (exact) mass is 302 g/mol. The second-order valence-electron chi connectivity index (χ2n) is 6.29. The minimum absolute atomic E-state index is 0.199. The number of nitrogens with zero attached hydrogens (tertiary/aromatic N) is 2. The summed E-state index contributed by atoms with van der Waals surface area (Å²) in [7, 11) is 0. The lowest BCUT2D eigenvalue weighted by Crippen LogP contribution is -2.51. The van der Waals surface area contributed by atoms with Crippen LogP contribution < -0.4 is 0 Å². The zero-order valence-corrected chi connectivity index (χ0v) is 13.2.